The maximum Gasteiger partial charge on any atom is 0.252 e. The minimum absolute atomic E-state index is 0.110. The first kappa shape index (κ1) is 21.3. The molecule has 1 atom stereocenters. The SMILES string of the molecule is Cc1ccc(S(=O)(=O)N2CCCC(C(=O)Nc3c(F)cccc3N3CCCC3)C2)s1. The number of para-hydroxylation sites is 1. The molecule has 0 spiro atoms. The van der Waals surface area contributed by atoms with E-state index >= 15 is 0 Å². The average molecular weight is 452 g/mol. The summed E-state index contributed by atoms with van der Waals surface area (Å²) >= 11 is 1.23. The number of nitrogens with one attached hydrogen (secondary N) is 1. The predicted molar refractivity (Wildman–Crippen MR) is 117 cm³/mol. The van der Waals surface area contributed by atoms with E-state index in [0.717, 1.165) is 30.8 Å². The number of nitrogens with zero attached hydrogens (tertiary/aromatic N) is 2. The second kappa shape index (κ2) is 8.64. The Labute approximate surface area is 180 Å². The summed E-state index contributed by atoms with van der Waals surface area (Å²) in [6.45, 7) is 4.03. The molecular formula is C21H26FN3O3S2. The first-order valence-electron chi connectivity index (χ1n) is 10.3. The summed E-state index contributed by atoms with van der Waals surface area (Å²) in [5.74, 6) is -1.31. The summed E-state index contributed by atoms with van der Waals surface area (Å²) in [5, 5.41) is 2.77. The second-order valence-corrected chi connectivity index (χ2v) is 11.3. The van der Waals surface area contributed by atoms with Crippen LogP contribution in [0.15, 0.2) is 34.5 Å². The van der Waals surface area contributed by atoms with E-state index in [4.69, 9.17) is 0 Å². The van der Waals surface area contributed by atoms with Gasteiger partial charge in [-0.2, -0.15) is 4.31 Å². The molecule has 3 heterocycles. The molecule has 2 aliphatic rings. The highest BCUT2D eigenvalue weighted by molar-refractivity contribution is 7.91. The van der Waals surface area contributed by atoms with E-state index in [1.54, 1.807) is 18.2 Å². The molecule has 1 aromatic carbocycles. The number of thiophene rings is 1. The van der Waals surface area contributed by atoms with Crippen molar-refractivity contribution >= 4 is 38.6 Å². The van der Waals surface area contributed by atoms with Crippen LogP contribution in [0.5, 0.6) is 0 Å². The third kappa shape index (κ3) is 4.24. The number of anilines is 2. The van der Waals surface area contributed by atoms with Gasteiger partial charge in [0.15, 0.2) is 0 Å². The van der Waals surface area contributed by atoms with Crippen LogP contribution in [0.3, 0.4) is 0 Å². The van der Waals surface area contributed by atoms with E-state index in [1.807, 2.05) is 13.0 Å². The van der Waals surface area contributed by atoms with Gasteiger partial charge in [0.25, 0.3) is 10.0 Å². The Morgan fingerprint density at radius 3 is 2.60 bits per heavy atom. The number of carbonyl (C=O) groups excluding carboxylic acids is 1. The lowest BCUT2D eigenvalue weighted by Crippen LogP contribution is -2.43. The Morgan fingerprint density at radius 1 is 1.13 bits per heavy atom. The van der Waals surface area contributed by atoms with E-state index < -0.39 is 21.8 Å². The summed E-state index contributed by atoms with van der Waals surface area (Å²) in [4.78, 5) is 16.0. The van der Waals surface area contributed by atoms with Gasteiger partial charge in [-0.05, 0) is 56.9 Å². The number of aryl methyl sites for hydroxylation is 1. The summed E-state index contributed by atoms with van der Waals surface area (Å²) in [5.41, 5.74) is 0.883. The zero-order valence-electron chi connectivity index (χ0n) is 16.9. The van der Waals surface area contributed by atoms with Gasteiger partial charge >= 0.3 is 0 Å². The highest BCUT2D eigenvalue weighted by atomic mass is 32.2. The number of halogens is 1. The first-order valence-corrected chi connectivity index (χ1v) is 12.5. The monoisotopic (exact) mass is 451 g/mol. The topological polar surface area (TPSA) is 69.7 Å². The van der Waals surface area contributed by atoms with Crippen molar-refractivity contribution in [3.63, 3.8) is 0 Å². The molecule has 2 saturated heterocycles. The minimum Gasteiger partial charge on any atom is -0.370 e. The fourth-order valence-electron chi connectivity index (χ4n) is 4.14. The van der Waals surface area contributed by atoms with Gasteiger partial charge in [-0.1, -0.05) is 6.07 Å². The van der Waals surface area contributed by atoms with Crippen LogP contribution in [0.4, 0.5) is 15.8 Å². The summed E-state index contributed by atoms with van der Waals surface area (Å²) < 4.78 is 42.2. The third-order valence-electron chi connectivity index (χ3n) is 5.75. The number of hydrogen-bond acceptors (Lipinski definition) is 5. The lowest BCUT2D eigenvalue weighted by molar-refractivity contribution is -0.120. The van der Waals surface area contributed by atoms with Gasteiger partial charge in [0.2, 0.25) is 5.91 Å². The van der Waals surface area contributed by atoms with E-state index in [9.17, 15) is 17.6 Å². The molecule has 1 N–H and O–H groups in total. The lowest BCUT2D eigenvalue weighted by Gasteiger charge is -2.31. The van der Waals surface area contributed by atoms with Gasteiger partial charge in [-0.15, -0.1) is 11.3 Å². The van der Waals surface area contributed by atoms with Crippen LogP contribution in [0.2, 0.25) is 0 Å². The van der Waals surface area contributed by atoms with Crippen LogP contribution in [0.1, 0.15) is 30.6 Å². The van der Waals surface area contributed by atoms with E-state index in [-0.39, 0.29) is 18.1 Å². The highest BCUT2D eigenvalue weighted by Gasteiger charge is 2.34. The molecule has 1 aromatic heterocycles. The molecule has 1 unspecified atom stereocenters. The average Bonchev–Trinajstić information content (AvgIpc) is 3.42. The number of amides is 1. The van der Waals surface area contributed by atoms with E-state index in [0.29, 0.717) is 29.3 Å². The Bertz CT molecular complexity index is 1030. The number of hydrogen-bond donors (Lipinski definition) is 1. The van der Waals surface area contributed by atoms with E-state index in [1.165, 1.54) is 21.7 Å². The highest BCUT2D eigenvalue weighted by Crippen LogP contribution is 2.33. The van der Waals surface area contributed by atoms with Gasteiger partial charge < -0.3 is 10.2 Å². The van der Waals surface area contributed by atoms with Crippen molar-refractivity contribution in [2.45, 2.75) is 36.8 Å². The van der Waals surface area contributed by atoms with Crippen molar-refractivity contribution in [3.8, 4) is 0 Å². The van der Waals surface area contributed by atoms with Crippen molar-refractivity contribution in [2.24, 2.45) is 5.92 Å². The van der Waals surface area contributed by atoms with Crippen LogP contribution >= 0.6 is 11.3 Å². The molecule has 4 rings (SSSR count). The van der Waals surface area contributed by atoms with Gasteiger partial charge in [-0.25, -0.2) is 12.8 Å². The normalized spacial score (nSPS) is 20.5. The zero-order chi connectivity index (χ0) is 21.3. The summed E-state index contributed by atoms with van der Waals surface area (Å²) in [7, 11) is -3.62. The van der Waals surface area contributed by atoms with Crippen molar-refractivity contribution in [1.82, 2.24) is 4.31 Å². The smallest absolute Gasteiger partial charge is 0.252 e. The van der Waals surface area contributed by atoms with Gasteiger partial charge in [0, 0.05) is 31.1 Å². The zero-order valence-corrected chi connectivity index (χ0v) is 18.6. The number of sulfonamides is 1. The lowest BCUT2D eigenvalue weighted by atomic mass is 9.98. The Balaban J connectivity index is 1.51. The number of rotatable bonds is 5. The minimum atomic E-state index is -3.62. The maximum atomic E-state index is 14.6. The van der Waals surface area contributed by atoms with Crippen LogP contribution in [-0.4, -0.2) is 44.8 Å². The van der Waals surface area contributed by atoms with Crippen LogP contribution in [0.25, 0.3) is 0 Å². The molecule has 2 aromatic rings. The molecule has 0 bridgehead atoms. The predicted octanol–water partition coefficient (Wildman–Crippen LogP) is 3.84. The van der Waals surface area contributed by atoms with Crippen molar-refractivity contribution < 1.29 is 17.6 Å². The molecule has 9 heteroatoms. The number of piperidine rings is 1. The van der Waals surface area contributed by atoms with Crippen molar-refractivity contribution in [2.75, 3.05) is 36.4 Å². The molecule has 0 saturated carbocycles. The molecule has 30 heavy (non-hydrogen) atoms. The molecule has 6 nitrogen and oxygen atoms in total. The van der Waals surface area contributed by atoms with Crippen molar-refractivity contribution in [1.29, 1.82) is 0 Å². The summed E-state index contributed by atoms with van der Waals surface area (Å²) in [6.07, 6.45) is 3.26. The Kier molecular flexibility index (Phi) is 6.13. The second-order valence-electron chi connectivity index (χ2n) is 7.88. The van der Waals surface area contributed by atoms with Gasteiger partial charge in [-0.3, -0.25) is 4.79 Å². The fourth-order valence-corrected chi connectivity index (χ4v) is 7.10. The quantitative estimate of drug-likeness (QED) is 0.750. The number of benzene rings is 1. The standard InChI is InChI=1S/C21H26FN3O3S2/c1-15-9-10-19(29-15)30(27,28)25-13-5-6-16(14-25)21(26)23-20-17(22)7-4-8-18(20)24-11-2-3-12-24/h4,7-10,16H,2-3,5-6,11-14H2,1H3,(H,23,26). The molecule has 162 valence electrons. The first-order chi connectivity index (χ1) is 14.4. The largest absolute Gasteiger partial charge is 0.370 e. The molecule has 2 aliphatic heterocycles. The Morgan fingerprint density at radius 2 is 1.90 bits per heavy atom. The molecule has 1 amide bonds. The molecule has 0 aliphatic carbocycles. The fraction of sp³-hybridized carbons (Fsp3) is 0.476. The van der Waals surface area contributed by atoms with Gasteiger partial charge in [0.05, 0.1) is 11.6 Å². The van der Waals surface area contributed by atoms with Gasteiger partial charge in [0.1, 0.15) is 15.7 Å². The third-order valence-corrected chi connectivity index (χ3v) is 9.08. The van der Waals surface area contributed by atoms with Crippen LogP contribution < -0.4 is 10.2 Å². The molecule has 2 fully saturated rings. The molecular weight excluding hydrogens is 425 g/mol. The summed E-state index contributed by atoms with van der Waals surface area (Å²) in [6, 6.07) is 8.20. The maximum absolute atomic E-state index is 14.6. The van der Waals surface area contributed by atoms with E-state index in [2.05, 4.69) is 10.2 Å². The Hall–Kier alpha value is -1.97. The number of carbonyl (C=O) groups is 1. The van der Waals surface area contributed by atoms with Crippen LogP contribution in [-0.2, 0) is 14.8 Å². The van der Waals surface area contributed by atoms with Crippen LogP contribution in [0, 0.1) is 18.7 Å². The van der Waals surface area contributed by atoms with Crippen molar-refractivity contribution in [3.05, 3.63) is 41.0 Å². The molecule has 0 radical (unpaired) electrons.